The van der Waals surface area contributed by atoms with E-state index in [9.17, 15) is 8.42 Å². The minimum atomic E-state index is -3.08. The largest absolute Gasteiger partial charge is 0.315 e. The van der Waals surface area contributed by atoms with Crippen LogP contribution in [0.15, 0.2) is 0 Å². The standard InChI is InChI=1S/C11H26N2O2S.ClH/c1-4-7-12-8-9-13-16(14,15)10-11(5-2)6-3;/h11-13H,4-10H2,1-3H3;1H. The lowest BCUT2D eigenvalue weighted by Gasteiger charge is -2.13. The first-order chi connectivity index (χ1) is 7.55. The highest BCUT2D eigenvalue weighted by atomic mass is 35.5. The molecule has 0 spiro atoms. The summed E-state index contributed by atoms with van der Waals surface area (Å²) in [6, 6.07) is 0. The molecule has 6 heteroatoms. The first-order valence-corrected chi connectivity index (χ1v) is 7.89. The topological polar surface area (TPSA) is 58.2 Å². The SMILES string of the molecule is CCCNCCNS(=O)(=O)CC(CC)CC.Cl. The Hall–Kier alpha value is 0.160. The van der Waals surface area contributed by atoms with Gasteiger partial charge in [0.2, 0.25) is 10.0 Å². The lowest BCUT2D eigenvalue weighted by Crippen LogP contribution is -2.35. The van der Waals surface area contributed by atoms with Crippen molar-refractivity contribution in [3.05, 3.63) is 0 Å². The maximum Gasteiger partial charge on any atom is 0.211 e. The van der Waals surface area contributed by atoms with Gasteiger partial charge in [-0.05, 0) is 18.9 Å². The van der Waals surface area contributed by atoms with Crippen molar-refractivity contribution in [2.75, 3.05) is 25.4 Å². The van der Waals surface area contributed by atoms with E-state index in [1.165, 1.54) is 0 Å². The predicted molar refractivity (Wildman–Crippen MR) is 76.3 cm³/mol. The van der Waals surface area contributed by atoms with Crippen LogP contribution in [0, 0.1) is 5.92 Å². The van der Waals surface area contributed by atoms with E-state index in [0.29, 0.717) is 13.1 Å². The molecule has 0 aromatic rings. The molecule has 106 valence electrons. The third kappa shape index (κ3) is 11.0. The average molecular weight is 287 g/mol. The van der Waals surface area contributed by atoms with Gasteiger partial charge in [-0.25, -0.2) is 13.1 Å². The summed E-state index contributed by atoms with van der Waals surface area (Å²) in [6.07, 6.45) is 2.91. The van der Waals surface area contributed by atoms with Gasteiger partial charge in [0.05, 0.1) is 5.75 Å². The fourth-order valence-electron chi connectivity index (χ4n) is 1.49. The molecule has 0 atom stereocenters. The molecule has 0 fully saturated rings. The summed E-state index contributed by atoms with van der Waals surface area (Å²) < 4.78 is 25.9. The molecule has 0 heterocycles. The summed E-state index contributed by atoms with van der Waals surface area (Å²) in [6.45, 7) is 8.29. The fraction of sp³-hybridized carbons (Fsp3) is 1.00. The van der Waals surface area contributed by atoms with Crippen molar-refractivity contribution in [2.45, 2.75) is 40.0 Å². The van der Waals surface area contributed by atoms with E-state index >= 15 is 0 Å². The van der Waals surface area contributed by atoms with Crippen molar-refractivity contribution >= 4 is 22.4 Å². The van der Waals surface area contributed by atoms with Gasteiger partial charge in [0.1, 0.15) is 0 Å². The molecule has 0 unspecified atom stereocenters. The van der Waals surface area contributed by atoms with Crippen molar-refractivity contribution in [2.24, 2.45) is 5.92 Å². The minimum absolute atomic E-state index is 0. The molecule has 0 aliphatic rings. The van der Waals surface area contributed by atoms with Crippen LogP contribution in [-0.4, -0.2) is 33.8 Å². The summed E-state index contributed by atoms with van der Waals surface area (Å²) in [5.74, 6) is 0.537. The highest BCUT2D eigenvalue weighted by Crippen LogP contribution is 2.09. The molecule has 0 bridgehead atoms. The Morgan fingerprint density at radius 1 is 1.00 bits per heavy atom. The van der Waals surface area contributed by atoms with Crippen molar-refractivity contribution in [1.82, 2.24) is 10.0 Å². The van der Waals surface area contributed by atoms with Gasteiger partial charge in [-0.1, -0.05) is 33.6 Å². The van der Waals surface area contributed by atoms with E-state index in [1.54, 1.807) is 0 Å². The van der Waals surface area contributed by atoms with E-state index < -0.39 is 10.0 Å². The zero-order valence-electron chi connectivity index (χ0n) is 11.2. The molecule has 0 amide bonds. The maximum atomic E-state index is 11.7. The molecule has 0 saturated heterocycles. The Morgan fingerprint density at radius 3 is 2.06 bits per heavy atom. The molecule has 0 aliphatic carbocycles. The Labute approximate surface area is 112 Å². The van der Waals surface area contributed by atoms with Crippen molar-refractivity contribution in [3.63, 3.8) is 0 Å². The Morgan fingerprint density at radius 2 is 1.59 bits per heavy atom. The molecule has 0 radical (unpaired) electrons. The van der Waals surface area contributed by atoms with Crippen LogP contribution in [-0.2, 0) is 10.0 Å². The van der Waals surface area contributed by atoms with Crippen molar-refractivity contribution in [3.8, 4) is 0 Å². The normalized spacial score (nSPS) is 11.5. The Kier molecular flexibility index (Phi) is 12.9. The quantitative estimate of drug-likeness (QED) is 0.602. The van der Waals surface area contributed by atoms with Gasteiger partial charge >= 0.3 is 0 Å². The lowest BCUT2D eigenvalue weighted by molar-refractivity contribution is 0.515. The first kappa shape index (κ1) is 19.5. The molecule has 4 nitrogen and oxygen atoms in total. The molecule has 0 aliphatic heterocycles. The first-order valence-electron chi connectivity index (χ1n) is 6.23. The van der Waals surface area contributed by atoms with Gasteiger partial charge in [0.25, 0.3) is 0 Å². The lowest BCUT2D eigenvalue weighted by atomic mass is 10.1. The van der Waals surface area contributed by atoms with Crippen molar-refractivity contribution < 1.29 is 8.42 Å². The second-order valence-corrected chi connectivity index (χ2v) is 5.96. The number of halogens is 1. The van der Waals surface area contributed by atoms with Gasteiger partial charge in [0, 0.05) is 13.1 Å². The van der Waals surface area contributed by atoms with E-state index in [1.807, 2.05) is 13.8 Å². The second-order valence-electron chi connectivity index (χ2n) is 4.11. The monoisotopic (exact) mass is 286 g/mol. The molecule has 0 rings (SSSR count). The van der Waals surface area contributed by atoms with E-state index in [0.717, 1.165) is 25.8 Å². The smallest absolute Gasteiger partial charge is 0.211 e. The van der Waals surface area contributed by atoms with Gasteiger partial charge < -0.3 is 5.32 Å². The number of hydrogen-bond donors (Lipinski definition) is 2. The molecule has 2 N–H and O–H groups in total. The molecule has 0 aromatic carbocycles. The molecular formula is C11H27ClN2O2S. The van der Waals surface area contributed by atoms with Crippen LogP contribution < -0.4 is 10.0 Å². The fourth-order valence-corrected chi connectivity index (χ4v) is 3.11. The van der Waals surface area contributed by atoms with E-state index in [2.05, 4.69) is 17.0 Å². The van der Waals surface area contributed by atoms with Crippen LogP contribution >= 0.6 is 12.4 Å². The number of rotatable bonds is 10. The molecular weight excluding hydrogens is 260 g/mol. The van der Waals surface area contributed by atoms with Crippen LogP contribution in [0.5, 0.6) is 0 Å². The maximum absolute atomic E-state index is 11.7. The summed E-state index contributed by atoms with van der Waals surface area (Å²) in [5.41, 5.74) is 0. The highest BCUT2D eigenvalue weighted by Gasteiger charge is 2.15. The van der Waals surface area contributed by atoms with Crippen LogP contribution in [0.4, 0.5) is 0 Å². The summed E-state index contributed by atoms with van der Waals surface area (Å²) in [4.78, 5) is 0. The third-order valence-corrected chi connectivity index (χ3v) is 4.21. The summed E-state index contributed by atoms with van der Waals surface area (Å²) >= 11 is 0. The molecule has 17 heavy (non-hydrogen) atoms. The van der Waals surface area contributed by atoms with Gasteiger partial charge in [-0.2, -0.15) is 0 Å². The number of hydrogen-bond acceptors (Lipinski definition) is 3. The number of sulfonamides is 1. The van der Waals surface area contributed by atoms with Gasteiger partial charge in [-0.15, -0.1) is 12.4 Å². The predicted octanol–water partition coefficient (Wildman–Crippen LogP) is 1.76. The van der Waals surface area contributed by atoms with Crippen molar-refractivity contribution in [1.29, 1.82) is 0 Å². The minimum Gasteiger partial charge on any atom is -0.315 e. The number of nitrogens with one attached hydrogen (secondary N) is 2. The third-order valence-electron chi connectivity index (χ3n) is 2.66. The van der Waals surface area contributed by atoms with Crippen LogP contribution in [0.3, 0.4) is 0 Å². The summed E-state index contributed by atoms with van der Waals surface area (Å²) in [7, 11) is -3.08. The van der Waals surface area contributed by atoms with Gasteiger partial charge in [-0.3, -0.25) is 0 Å². The van der Waals surface area contributed by atoms with E-state index in [4.69, 9.17) is 0 Å². The Balaban J connectivity index is 0. The van der Waals surface area contributed by atoms with Crippen LogP contribution in [0.25, 0.3) is 0 Å². The van der Waals surface area contributed by atoms with Gasteiger partial charge in [0.15, 0.2) is 0 Å². The zero-order chi connectivity index (χ0) is 12.4. The van der Waals surface area contributed by atoms with Crippen LogP contribution in [0.2, 0.25) is 0 Å². The summed E-state index contributed by atoms with van der Waals surface area (Å²) in [5, 5.41) is 3.16. The Bertz CT molecular complexity index is 254. The average Bonchev–Trinajstić information content (AvgIpc) is 2.25. The second kappa shape index (κ2) is 11.3. The molecule has 0 aromatic heterocycles. The van der Waals surface area contributed by atoms with Crippen LogP contribution in [0.1, 0.15) is 40.0 Å². The molecule has 0 saturated carbocycles. The highest BCUT2D eigenvalue weighted by molar-refractivity contribution is 7.89. The van der Waals surface area contributed by atoms with E-state index in [-0.39, 0.29) is 24.1 Å². The zero-order valence-corrected chi connectivity index (χ0v) is 12.8.